The molecule has 0 spiro atoms. The van der Waals surface area contributed by atoms with Crippen molar-refractivity contribution in [3.05, 3.63) is 66.6 Å². The molecule has 1 aromatic carbocycles. The lowest BCUT2D eigenvalue weighted by molar-refractivity contribution is 0.102. The van der Waals surface area contributed by atoms with Crippen molar-refractivity contribution >= 4 is 33.5 Å². The normalized spacial score (nSPS) is 10.9. The summed E-state index contributed by atoms with van der Waals surface area (Å²) >= 11 is 0. The van der Waals surface area contributed by atoms with Gasteiger partial charge in [-0.1, -0.05) is 0 Å². The number of H-pyrrole nitrogens is 1. The first-order valence-corrected chi connectivity index (χ1v) is 6.89. The Morgan fingerprint density at radius 1 is 1.05 bits per heavy atom. The fourth-order valence-corrected chi connectivity index (χ4v) is 2.51. The SMILES string of the molecule is O=C(Nc1cccnc1)c1ccc2[nH]c3ncccc3c2c1. The number of nitrogens with zero attached hydrogens (tertiary/aromatic N) is 2. The lowest BCUT2D eigenvalue weighted by atomic mass is 10.1. The number of nitrogens with one attached hydrogen (secondary N) is 2. The van der Waals surface area contributed by atoms with Crippen LogP contribution in [0.5, 0.6) is 0 Å². The lowest BCUT2D eigenvalue weighted by Gasteiger charge is -2.04. The highest BCUT2D eigenvalue weighted by Gasteiger charge is 2.10. The zero-order valence-electron chi connectivity index (χ0n) is 11.6. The summed E-state index contributed by atoms with van der Waals surface area (Å²) in [5.41, 5.74) is 3.06. The van der Waals surface area contributed by atoms with Crippen LogP contribution in [0.3, 0.4) is 0 Å². The van der Waals surface area contributed by atoms with E-state index < -0.39 is 0 Å². The summed E-state index contributed by atoms with van der Waals surface area (Å²) in [6, 6.07) is 13.0. The van der Waals surface area contributed by atoms with Gasteiger partial charge in [0, 0.05) is 34.2 Å². The van der Waals surface area contributed by atoms with Gasteiger partial charge < -0.3 is 10.3 Å². The van der Waals surface area contributed by atoms with Gasteiger partial charge in [-0.2, -0.15) is 0 Å². The van der Waals surface area contributed by atoms with E-state index in [9.17, 15) is 4.79 Å². The van der Waals surface area contributed by atoms with E-state index in [-0.39, 0.29) is 5.91 Å². The Morgan fingerprint density at radius 3 is 2.82 bits per heavy atom. The molecule has 1 amide bonds. The zero-order chi connectivity index (χ0) is 14.9. The molecule has 5 heteroatoms. The van der Waals surface area contributed by atoms with Crippen molar-refractivity contribution in [2.24, 2.45) is 0 Å². The Morgan fingerprint density at radius 2 is 1.95 bits per heavy atom. The predicted octanol–water partition coefficient (Wildman–Crippen LogP) is 3.36. The van der Waals surface area contributed by atoms with Crippen LogP contribution in [0, 0.1) is 0 Å². The van der Waals surface area contributed by atoms with Gasteiger partial charge in [-0.25, -0.2) is 4.98 Å². The van der Waals surface area contributed by atoms with Crippen molar-refractivity contribution in [2.75, 3.05) is 5.32 Å². The van der Waals surface area contributed by atoms with Crippen LogP contribution in [0.4, 0.5) is 5.69 Å². The molecule has 0 radical (unpaired) electrons. The van der Waals surface area contributed by atoms with Gasteiger partial charge in [-0.05, 0) is 42.5 Å². The summed E-state index contributed by atoms with van der Waals surface area (Å²) < 4.78 is 0. The standard InChI is InChI=1S/C17H12N4O/c22-17(20-12-3-1-7-18-10-12)11-5-6-15-14(9-11)13-4-2-8-19-16(13)21-15/h1-10H,(H,19,21)(H,20,22). The van der Waals surface area contributed by atoms with Gasteiger partial charge in [-0.15, -0.1) is 0 Å². The molecule has 0 atom stereocenters. The van der Waals surface area contributed by atoms with Gasteiger partial charge in [0.25, 0.3) is 5.91 Å². The van der Waals surface area contributed by atoms with Gasteiger partial charge in [0.1, 0.15) is 5.65 Å². The molecule has 3 aromatic heterocycles. The van der Waals surface area contributed by atoms with E-state index in [2.05, 4.69) is 20.3 Å². The maximum Gasteiger partial charge on any atom is 0.255 e. The van der Waals surface area contributed by atoms with Gasteiger partial charge in [0.15, 0.2) is 0 Å². The number of anilines is 1. The van der Waals surface area contributed by atoms with E-state index >= 15 is 0 Å². The highest BCUT2D eigenvalue weighted by atomic mass is 16.1. The molecular formula is C17H12N4O. The Labute approximate surface area is 126 Å². The third-order valence-electron chi connectivity index (χ3n) is 3.55. The average Bonchev–Trinajstić information content (AvgIpc) is 2.93. The number of carbonyl (C=O) groups excluding carboxylic acids is 1. The molecule has 0 aliphatic carbocycles. The molecule has 0 aliphatic rings. The molecule has 2 N–H and O–H groups in total. The van der Waals surface area contributed by atoms with Crippen molar-refractivity contribution in [3.8, 4) is 0 Å². The van der Waals surface area contributed by atoms with Gasteiger partial charge in [0.2, 0.25) is 0 Å². The summed E-state index contributed by atoms with van der Waals surface area (Å²) in [5, 5.41) is 4.83. The highest BCUT2D eigenvalue weighted by molar-refractivity contribution is 6.11. The molecule has 0 bridgehead atoms. The fraction of sp³-hybridized carbons (Fsp3) is 0. The molecule has 106 valence electrons. The first kappa shape index (κ1) is 12.5. The molecule has 4 rings (SSSR count). The molecule has 22 heavy (non-hydrogen) atoms. The predicted molar refractivity (Wildman–Crippen MR) is 85.8 cm³/mol. The average molecular weight is 288 g/mol. The minimum atomic E-state index is -0.159. The second-order valence-corrected chi connectivity index (χ2v) is 4.98. The molecule has 0 fully saturated rings. The number of amides is 1. The quantitative estimate of drug-likeness (QED) is 0.594. The third-order valence-corrected chi connectivity index (χ3v) is 3.55. The number of aromatic nitrogens is 3. The Balaban J connectivity index is 1.75. The van der Waals surface area contributed by atoms with Crippen LogP contribution in [0.1, 0.15) is 10.4 Å². The minimum Gasteiger partial charge on any atom is -0.339 e. The first-order valence-electron chi connectivity index (χ1n) is 6.89. The summed E-state index contributed by atoms with van der Waals surface area (Å²) in [6.07, 6.45) is 5.03. The molecular weight excluding hydrogens is 276 g/mol. The number of aromatic amines is 1. The van der Waals surface area contributed by atoms with Crippen molar-refractivity contribution in [1.29, 1.82) is 0 Å². The molecule has 3 heterocycles. The molecule has 0 saturated heterocycles. The Bertz CT molecular complexity index is 976. The molecule has 0 aliphatic heterocycles. The minimum absolute atomic E-state index is 0.159. The van der Waals surface area contributed by atoms with Crippen molar-refractivity contribution < 1.29 is 4.79 Å². The van der Waals surface area contributed by atoms with Crippen molar-refractivity contribution in [2.45, 2.75) is 0 Å². The summed E-state index contributed by atoms with van der Waals surface area (Å²) in [5.74, 6) is -0.159. The van der Waals surface area contributed by atoms with Crippen LogP contribution in [0.25, 0.3) is 21.9 Å². The smallest absolute Gasteiger partial charge is 0.255 e. The van der Waals surface area contributed by atoms with Crippen LogP contribution >= 0.6 is 0 Å². The third kappa shape index (κ3) is 2.09. The number of fused-ring (bicyclic) bond motifs is 3. The summed E-state index contributed by atoms with van der Waals surface area (Å²) in [4.78, 5) is 23.9. The monoisotopic (exact) mass is 288 g/mol. The molecule has 0 saturated carbocycles. The number of hydrogen-bond donors (Lipinski definition) is 2. The summed E-state index contributed by atoms with van der Waals surface area (Å²) in [7, 11) is 0. The van der Waals surface area contributed by atoms with Crippen LogP contribution in [-0.2, 0) is 0 Å². The topological polar surface area (TPSA) is 70.7 Å². The molecule has 5 nitrogen and oxygen atoms in total. The zero-order valence-corrected chi connectivity index (χ0v) is 11.6. The van der Waals surface area contributed by atoms with E-state index in [4.69, 9.17) is 0 Å². The van der Waals surface area contributed by atoms with E-state index in [1.54, 1.807) is 36.8 Å². The van der Waals surface area contributed by atoms with Gasteiger partial charge >= 0.3 is 0 Å². The second-order valence-electron chi connectivity index (χ2n) is 4.98. The van der Waals surface area contributed by atoms with E-state index in [0.29, 0.717) is 11.3 Å². The first-order chi connectivity index (χ1) is 10.8. The van der Waals surface area contributed by atoms with Crippen molar-refractivity contribution in [3.63, 3.8) is 0 Å². The second kappa shape index (κ2) is 4.96. The Hall–Kier alpha value is -3.21. The van der Waals surface area contributed by atoms with E-state index in [0.717, 1.165) is 21.9 Å². The largest absolute Gasteiger partial charge is 0.339 e. The van der Waals surface area contributed by atoms with Crippen LogP contribution in [0.2, 0.25) is 0 Å². The van der Waals surface area contributed by atoms with Crippen molar-refractivity contribution in [1.82, 2.24) is 15.0 Å². The fourth-order valence-electron chi connectivity index (χ4n) is 2.51. The maximum atomic E-state index is 12.4. The Kier molecular flexibility index (Phi) is 2.83. The maximum absolute atomic E-state index is 12.4. The van der Waals surface area contributed by atoms with Crippen LogP contribution < -0.4 is 5.32 Å². The van der Waals surface area contributed by atoms with Gasteiger partial charge in [-0.3, -0.25) is 9.78 Å². The van der Waals surface area contributed by atoms with Crippen LogP contribution in [-0.4, -0.2) is 20.9 Å². The highest BCUT2D eigenvalue weighted by Crippen LogP contribution is 2.25. The molecule has 4 aromatic rings. The lowest BCUT2D eigenvalue weighted by Crippen LogP contribution is -2.11. The number of pyridine rings is 2. The van der Waals surface area contributed by atoms with E-state index in [1.807, 2.05) is 24.3 Å². The molecule has 0 unspecified atom stereocenters. The number of benzene rings is 1. The summed E-state index contributed by atoms with van der Waals surface area (Å²) in [6.45, 7) is 0. The number of rotatable bonds is 2. The van der Waals surface area contributed by atoms with Crippen LogP contribution in [0.15, 0.2) is 61.1 Å². The number of hydrogen-bond acceptors (Lipinski definition) is 3. The van der Waals surface area contributed by atoms with E-state index in [1.165, 1.54) is 0 Å². The number of carbonyl (C=O) groups is 1. The van der Waals surface area contributed by atoms with Gasteiger partial charge in [0.05, 0.1) is 11.9 Å².